The van der Waals surface area contributed by atoms with Crippen molar-refractivity contribution in [2.45, 2.75) is 39.2 Å². The molecule has 0 spiro atoms. The zero-order valence-electron chi connectivity index (χ0n) is 14.1. The molecule has 3 rings (SSSR count). The van der Waals surface area contributed by atoms with E-state index in [1.165, 1.54) is 0 Å². The van der Waals surface area contributed by atoms with Gasteiger partial charge in [0.1, 0.15) is 0 Å². The van der Waals surface area contributed by atoms with Crippen LogP contribution in [-0.4, -0.2) is 47.3 Å². The first-order valence-electron chi connectivity index (χ1n) is 8.70. The molecule has 2 atom stereocenters. The summed E-state index contributed by atoms with van der Waals surface area (Å²) in [5.74, 6) is 1.30. The molecule has 1 aromatic carbocycles. The molecule has 2 aliphatic heterocycles. The van der Waals surface area contributed by atoms with E-state index in [2.05, 4.69) is 13.8 Å². The third kappa shape index (κ3) is 3.41. The average molecular weight is 314 g/mol. The van der Waals surface area contributed by atoms with Crippen LogP contribution >= 0.6 is 0 Å². The topological polar surface area (TPSA) is 40.6 Å². The zero-order valence-corrected chi connectivity index (χ0v) is 14.1. The third-order valence-electron chi connectivity index (χ3n) is 5.32. The number of nitrogens with zero attached hydrogens (tertiary/aromatic N) is 2. The van der Waals surface area contributed by atoms with E-state index in [0.717, 1.165) is 38.0 Å². The fourth-order valence-electron chi connectivity index (χ4n) is 3.94. The number of piperidine rings is 1. The van der Waals surface area contributed by atoms with Gasteiger partial charge >= 0.3 is 0 Å². The summed E-state index contributed by atoms with van der Waals surface area (Å²) in [6.07, 6.45) is 2.60. The van der Waals surface area contributed by atoms with Crippen LogP contribution in [0.3, 0.4) is 0 Å². The van der Waals surface area contributed by atoms with Crippen LogP contribution in [0.25, 0.3) is 0 Å². The van der Waals surface area contributed by atoms with Gasteiger partial charge in [0.15, 0.2) is 0 Å². The Morgan fingerprint density at radius 2 is 1.78 bits per heavy atom. The van der Waals surface area contributed by atoms with Crippen LogP contribution in [0.15, 0.2) is 30.3 Å². The summed E-state index contributed by atoms with van der Waals surface area (Å²) in [6, 6.07) is 9.78. The maximum absolute atomic E-state index is 12.6. The van der Waals surface area contributed by atoms with Gasteiger partial charge in [0.05, 0.1) is 0 Å². The van der Waals surface area contributed by atoms with Crippen molar-refractivity contribution in [3.63, 3.8) is 0 Å². The molecule has 2 fully saturated rings. The SMILES string of the molecule is CC(C)N1CC[C@@H]2CN(C(=O)c3ccccc3)CC[C@H]2CC1=O. The number of likely N-dealkylation sites (tertiary alicyclic amines) is 2. The molecule has 0 bridgehead atoms. The molecule has 4 nitrogen and oxygen atoms in total. The number of hydrogen-bond acceptors (Lipinski definition) is 2. The van der Waals surface area contributed by atoms with Crippen LogP contribution < -0.4 is 0 Å². The molecule has 0 N–H and O–H groups in total. The van der Waals surface area contributed by atoms with Crippen molar-refractivity contribution in [2.24, 2.45) is 11.8 Å². The second-order valence-corrected chi connectivity index (χ2v) is 7.10. The first-order chi connectivity index (χ1) is 11.1. The summed E-state index contributed by atoms with van der Waals surface area (Å²) >= 11 is 0. The minimum absolute atomic E-state index is 0.125. The van der Waals surface area contributed by atoms with Crippen LogP contribution in [0, 0.1) is 11.8 Å². The van der Waals surface area contributed by atoms with Crippen molar-refractivity contribution in [1.82, 2.24) is 9.80 Å². The van der Waals surface area contributed by atoms with Gasteiger partial charge in [-0.2, -0.15) is 0 Å². The van der Waals surface area contributed by atoms with Crippen molar-refractivity contribution < 1.29 is 9.59 Å². The Balaban J connectivity index is 1.68. The standard InChI is InChI=1S/C19H26N2O2/c1-14(2)21-11-9-17-13-20(10-8-16(17)12-18(21)22)19(23)15-6-4-3-5-7-15/h3-7,14,16-17H,8-13H2,1-2H3/t16-,17+/m0/s1. The lowest BCUT2D eigenvalue weighted by Crippen LogP contribution is -2.43. The Labute approximate surface area is 138 Å². The molecule has 4 heteroatoms. The van der Waals surface area contributed by atoms with Gasteiger partial charge in [0.2, 0.25) is 5.91 Å². The molecule has 2 heterocycles. The smallest absolute Gasteiger partial charge is 0.253 e. The predicted octanol–water partition coefficient (Wildman–Crippen LogP) is 2.80. The van der Waals surface area contributed by atoms with E-state index < -0.39 is 0 Å². The molecule has 1 aromatic rings. The molecule has 124 valence electrons. The van der Waals surface area contributed by atoms with E-state index in [0.29, 0.717) is 18.3 Å². The highest BCUT2D eigenvalue weighted by Gasteiger charge is 2.36. The number of benzene rings is 1. The van der Waals surface area contributed by atoms with Gasteiger partial charge in [0, 0.05) is 37.7 Å². The Hall–Kier alpha value is -1.84. The number of carbonyl (C=O) groups excluding carboxylic acids is 2. The first kappa shape index (κ1) is 16.0. The lowest BCUT2D eigenvalue weighted by Gasteiger charge is -2.37. The number of rotatable bonds is 2. The quantitative estimate of drug-likeness (QED) is 0.842. The molecule has 0 saturated carbocycles. The number of carbonyl (C=O) groups is 2. The highest BCUT2D eigenvalue weighted by Crippen LogP contribution is 2.33. The Morgan fingerprint density at radius 1 is 1.09 bits per heavy atom. The molecule has 0 aromatic heterocycles. The molecule has 0 aliphatic carbocycles. The molecule has 2 aliphatic rings. The van der Waals surface area contributed by atoms with E-state index >= 15 is 0 Å². The highest BCUT2D eigenvalue weighted by molar-refractivity contribution is 5.94. The van der Waals surface area contributed by atoms with Gasteiger partial charge in [-0.3, -0.25) is 9.59 Å². The summed E-state index contributed by atoms with van der Waals surface area (Å²) in [5, 5.41) is 0. The van der Waals surface area contributed by atoms with Crippen molar-refractivity contribution >= 4 is 11.8 Å². The Bertz CT molecular complexity index is 570. The van der Waals surface area contributed by atoms with Gasteiger partial charge < -0.3 is 9.80 Å². The van der Waals surface area contributed by atoms with Crippen molar-refractivity contribution in [1.29, 1.82) is 0 Å². The Morgan fingerprint density at radius 3 is 2.48 bits per heavy atom. The largest absolute Gasteiger partial charge is 0.340 e. The molecule has 23 heavy (non-hydrogen) atoms. The molecular formula is C19H26N2O2. The van der Waals surface area contributed by atoms with Gasteiger partial charge in [-0.1, -0.05) is 18.2 Å². The monoisotopic (exact) mass is 314 g/mol. The summed E-state index contributed by atoms with van der Waals surface area (Å²) in [5.41, 5.74) is 0.763. The average Bonchev–Trinajstić information content (AvgIpc) is 2.72. The fourth-order valence-corrected chi connectivity index (χ4v) is 3.94. The second-order valence-electron chi connectivity index (χ2n) is 7.10. The zero-order chi connectivity index (χ0) is 16.4. The van der Waals surface area contributed by atoms with Gasteiger partial charge in [0.25, 0.3) is 5.91 Å². The summed E-state index contributed by atoms with van der Waals surface area (Å²) in [7, 11) is 0. The van der Waals surface area contributed by atoms with Crippen LogP contribution in [0.2, 0.25) is 0 Å². The Kier molecular flexibility index (Phi) is 4.69. The maximum atomic E-state index is 12.6. The number of amides is 2. The van der Waals surface area contributed by atoms with Crippen LogP contribution in [0.4, 0.5) is 0 Å². The number of fused-ring (bicyclic) bond motifs is 1. The molecular weight excluding hydrogens is 288 g/mol. The highest BCUT2D eigenvalue weighted by atomic mass is 16.2. The van der Waals surface area contributed by atoms with E-state index in [9.17, 15) is 9.59 Å². The molecule has 0 radical (unpaired) electrons. The van der Waals surface area contributed by atoms with Crippen LogP contribution in [-0.2, 0) is 4.79 Å². The second kappa shape index (κ2) is 6.73. The van der Waals surface area contributed by atoms with Gasteiger partial charge in [-0.15, -0.1) is 0 Å². The predicted molar refractivity (Wildman–Crippen MR) is 90.0 cm³/mol. The minimum atomic E-state index is 0.125. The fraction of sp³-hybridized carbons (Fsp3) is 0.579. The van der Waals surface area contributed by atoms with Gasteiger partial charge in [-0.25, -0.2) is 0 Å². The third-order valence-corrected chi connectivity index (χ3v) is 5.32. The normalized spacial score (nSPS) is 25.3. The number of hydrogen-bond donors (Lipinski definition) is 0. The van der Waals surface area contributed by atoms with Crippen LogP contribution in [0.1, 0.15) is 43.5 Å². The minimum Gasteiger partial charge on any atom is -0.340 e. The lowest BCUT2D eigenvalue weighted by atomic mass is 9.82. The molecule has 2 saturated heterocycles. The lowest BCUT2D eigenvalue weighted by molar-refractivity contribution is -0.133. The molecule has 0 unspecified atom stereocenters. The summed E-state index contributed by atoms with van der Waals surface area (Å²) in [4.78, 5) is 29.0. The maximum Gasteiger partial charge on any atom is 0.253 e. The van der Waals surface area contributed by atoms with E-state index in [-0.39, 0.29) is 17.9 Å². The van der Waals surface area contributed by atoms with E-state index in [1.54, 1.807) is 0 Å². The summed E-state index contributed by atoms with van der Waals surface area (Å²) in [6.45, 7) is 6.54. The van der Waals surface area contributed by atoms with Crippen molar-refractivity contribution in [2.75, 3.05) is 19.6 Å². The van der Waals surface area contributed by atoms with Crippen molar-refractivity contribution in [3.05, 3.63) is 35.9 Å². The first-order valence-corrected chi connectivity index (χ1v) is 8.70. The molecule has 2 amide bonds. The van der Waals surface area contributed by atoms with Crippen molar-refractivity contribution in [3.8, 4) is 0 Å². The van der Waals surface area contributed by atoms with Crippen LogP contribution in [0.5, 0.6) is 0 Å². The van der Waals surface area contributed by atoms with Gasteiger partial charge in [-0.05, 0) is 50.7 Å². The summed E-state index contributed by atoms with van der Waals surface area (Å²) < 4.78 is 0. The van der Waals surface area contributed by atoms with E-state index in [1.807, 2.05) is 40.1 Å². The van der Waals surface area contributed by atoms with E-state index in [4.69, 9.17) is 0 Å².